The molecule has 9 aromatic carbocycles. The number of hydrogen-bond donors (Lipinski definition) is 0. The lowest BCUT2D eigenvalue weighted by atomic mass is 9.70. The minimum atomic E-state index is -0.435. The van der Waals surface area contributed by atoms with Gasteiger partial charge in [-0.15, -0.1) is 11.3 Å². The van der Waals surface area contributed by atoms with Gasteiger partial charge in [-0.25, -0.2) is 0 Å². The predicted octanol–water partition coefficient (Wildman–Crippen LogP) is 15.6. The van der Waals surface area contributed by atoms with E-state index >= 15 is 0 Å². The highest BCUT2D eigenvalue weighted by Gasteiger charge is 2.52. The number of fused-ring (bicyclic) bond motifs is 18. The molecule has 0 radical (unpaired) electrons. The molecule has 1 aromatic heterocycles. The minimum absolute atomic E-state index is 0.145. The molecule has 0 N–H and O–H groups in total. The largest absolute Gasteiger partial charge is 0.308 e. The van der Waals surface area contributed by atoms with Gasteiger partial charge in [0, 0.05) is 32.1 Å². The zero-order valence-electron chi connectivity index (χ0n) is 33.2. The minimum Gasteiger partial charge on any atom is -0.308 e. The number of aryl methyl sites for hydroxylation is 1. The van der Waals surface area contributed by atoms with Crippen LogP contribution in [-0.2, 0) is 10.8 Å². The van der Waals surface area contributed by atoms with Crippen LogP contribution in [0.4, 0.5) is 17.1 Å². The molecule has 0 saturated heterocycles. The average Bonchev–Trinajstić information content (AvgIpc) is 3.98. The lowest BCUT2D eigenvalue weighted by Crippen LogP contribution is -2.26. The maximum absolute atomic E-state index is 2.63. The van der Waals surface area contributed by atoms with Crippen molar-refractivity contribution < 1.29 is 0 Å². The van der Waals surface area contributed by atoms with Crippen LogP contribution in [0.2, 0.25) is 0 Å². The van der Waals surface area contributed by atoms with Crippen molar-refractivity contribution in [2.45, 2.75) is 31.6 Å². The van der Waals surface area contributed by atoms with Crippen molar-refractivity contribution in [1.82, 2.24) is 0 Å². The number of nitrogens with zero attached hydrogens (tertiary/aromatic N) is 1. The van der Waals surface area contributed by atoms with Gasteiger partial charge in [0.2, 0.25) is 0 Å². The molecule has 0 aliphatic heterocycles. The predicted molar refractivity (Wildman–Crippen MR) is 250 cm³/mol. The van der Waals surface area contributed by atoms with Crippen LogP contribution in [0.1, 0.15) is 52.8 Å². The molecular weight excluding hydrogens is 731 g/mol. The standard InChI is InChI=1S/C57H39NS/c1-34-16-14-23-43-52-37-18-5-4-17-35(37)32-51(55(52)59-54(34)43)58(36-30-31-41-38-19-6-10-24-44(38)56(2,3)49(41)33-36)50-29-15-28-48-53(50)42-22-9-13-27-47(42)57(48)45-25-11-7-20-39(45)40-21-8-12-26-46(40)57/h4-33H,1-3H3. The van der Waals surface area contributed by atoms with Crippen molar-refractivity contribution in [3.63, 3.8) is 0 Å². The first-order valence-corrected chi connectivity index (χ1v) is 21.6. The lowest BCUT2D eigenvalue weighted by molar-refractivity contribution is 0.660. The molecule has 13 rings (SSSR count). The lowest BCUT2D eigenvalue weighted by Gasteiger charge is -2.32. The summed E-state index contributed by atoms with van der Waals surface area (Å²) in [6, 6.07) is 69.1. The van der Waals surface area contributed by atoms with Gasteiger partial charge in [-0.05, 0) is 109 Å². The Labute approximate surface area is 348 Å². The van der Waals surface area contributed by atoms with E-state index in [9.17, 15) is 0 Å². The highest BCUT2D eigenvalue weighted by atomic mass is 32.1. The van der Waals surface area contributed by atoms with Crippen molar-refractivity contribution in [2.24, 2.45) is 0 Å². The Kier molecular flexibility index (Phi) is 6.59. The van der Waals surface area contributed by atoms with Crippen molar-refractivity contribution in [1.29, 1.82) is 0 Å². The van der Waals surface area contributed by atoms with Crippen molar-refractivity contribution in [3.8, 4) is 33.4 Å². The quantitative estimate of drug-likeness (QED) is 0.173. The van der Waals surface area contributed by atoms with Crippen LogP contribution in [0.15, 0.2) is 182 Å². The van der Waals surface area contributed by atoms with Crippen molar-refractivity contribution >= 4 is 59.3 Å². The normalized spacial score (nSPS) is 14.6. The van der Waals surface area contributed by atoms with E-state index in [-0.39, 0.29) is 5.41 Å². The third-order valence-corrected chi connectivity index (χ3v) is 15.3. The van der Waals surface area contributed by atoms with Gasteiger partial charge >= 0.3 is 0 Å². The highest BCUT2D eigenvalue weighted by Crippen LogP contribution is 2.65. The van der Waals surface area contributed by atoms with Gasteiger partial charge in [0.15, 0.2) is 0 Å². The SMILES string of the molecule is Cc1cccc2c1sc1c(N(c3ccc4c(c3)C(C)(C)c3ccccc3-4)c3cccc4c3-c3ccccc3C43c4ccccc4-c4ccccc43)cc3ccccc3c12. The number of benzene rings is 9. The first-order valence-electron chi connectivity index (χ1n) is 20.8. The molecule has 2 heteroatoms. The number of anilines is 3. The number of rotatable bonds is 3. The van der Waals surface area contributed by atoms with E-state index in [2.05, 4.69) is 208 Å². The third-order valence-electron chi connectivity index (χ3n) is 14.0. The van der Waals surface area contributed by atoms with Gasteiger partial charge in [0.25, 0.3) is 0 Å². The summed E-state index contributed by atoms with van der Waals surface area (Å²) in [5, 5.41) is 5.22. The van der Waals surface area contributed by atoms with E-state index in [0.29, 0.717) is 0 Å². The van der Waals surface area contributed by atoms with Gasteiger partial charge < -0.3 is 4.90 Å². The zero-order chi connectivity index (χ0) is 39.2. The van der Waals surface area contributed by atoms with E-state index in [1.807, 2.05) is 11.3 Å². The maximum Gasteiger partial charge on any atom is 0.0726 e. The first kappa shape index (κ1) is 33.3. The molecule has 1 heterocycles. The van der Waals surface area contributed by atoms with Gasteiger partial charge in [0.05, 0.1) is 21.5 Å². The number of hydrogen-bond acceptors (Lipinski definition) is 2. The molecule has 1 spiro atoms. The third kappa shape index (κ3) is 4.14. The topological polar surface area (TPSA) is 3.24 Å². The molecule has 278 valence electrons. The Hall–Kier alpha value is -6.74. The van der Waals surface area contributed by atoms with Crippen molar-refractivity contribution in [3.05, 3.63) is 221 Å². The fourth-order valence-electron chi connectivity index (χ4n) is 11.5. The van der Waals surface area contributed by atoms with Crippen LogP contribution in [-0.4, -0.2) is 0 Å². The fourth-order valence-corrected chi connectivity index (χ4v) is 12.8. The Morgan fingerprint density at radius 3 is 1.73 bits per heavy atom. The van der Waals surface area contributed by atoms with E-state index < -0.39 is 5.41 Å². The van der Waals surface area contributed by atoms with E-state index in [0.717, 1.165) is 0 Å². The summed E-state index contributed by atoms with van der Waals surface area (Å²) in [4.78, 5) is 2.63. The Bertz CT molecular complexity index is 3410. The summed E-state index contributed by atoms with van der Waals surface area (Å²) in [6.07, 6.45) is 0. The molecule has 3 aliphatic carbocycles. The summed E-state index contributed by atoms with van der Waals surface area (Å²) < 4.78 is 2.67. The Morgan fingerprint density at radius 1 is 0.424 bits per heavy atom. The summed E-state index contributed by atoms with van der Waals surface area (Å²) >= 11 is 1.94. The first-order chi connectivity index (χ1) is 29.0. The second-order valence-corrected chi connectivity index (χ2v) is 18.2. The monoisotopic (exact) mass is 769 g/mol. The van der Waals surface area contributed by atoms with Gasteiger partial charge in [-0.2, -0.15) is 0 Å². The molecule has 0 amide bonds. The van der Waals surface area contributed by atoms with E-state index in [1.165, 1.54) is 120 Å². The van der Waals surface area contributed by atoms with Crippen LogP contribution in [0.3, 0.4) is 0 Å². The van der Waals surface area contributed by atoms with Crippen LogP contribution >= 0.6 is 11.3 Å². The number of thiophene rings is 1. The zero-order valence-corrected chi connectivity index (χ0v) is 34.0. The fraction of sp³-hybridized carbons (Fsp3) is 0.0877. The Morgan fingerprint density at radius 2 is 0.983 bits per heavy atom. The summed E-state index contributed by atoms with van der Waals surface area (Å²) in [7, 11) is 0. The molecular formula is C57H39NS. The smallest absolute Gasteiger partial charge is 0.0726 e. The molecule has 1 nitrogen and oxygen atoms in total. The van der Waals surface area contributed by atoms with Crippen LogP contribution in [0, 0.1) is 6.92 Å². The van der Waals surface area contributed by atoms with E-state index in [4.69, 9.17) is 0 Å². The van der Waals surface area contributed by atoms with Crippen LogP contribution < -0.4 is 4.90 Å². The maximum atomic E-state index is 2.63. The summed E-state index contributed by atoms with van der Waals surface area (Å²) in [6.45, 7) is 7.04. The molecule has 10 aromatic rings. The van der Waals surface area contributed by atoms with Crippen LogP contribution in [0.25, 0.3) is 64.3 Å². The highest BCUT2D eigenvalue weighted by molar-refractivity contribution is 7.26. The summed E-state index contributed by atoms with van der Waals surface area (Å²) in [5.74, 6) is 0. The van der Waals surface area contributed by atoms with Gasteiger partial charge in [-0.1, -0.05) is 172 Å². The molecule has 59 heavy (non-hydrogen) atoms. The van der Waals surface area contributed by atoms with E-state index in [1.54, 1.807) is 0 Å². The summed E-state index contributed by atoms with van der Waals surface area (Å²) in [5.41, 5.74) is 20.4. The Balaban J connectivity index is 1.17. The molecule has 0 fully saturated rings. The van der Waals surface area contributed by atoms with Gasteiger partial charge in [0.1, 0.15) is 0 Å². The second kappa shape index (κ2) is 11.7. The average molecular weight is 770 g/mol. The molecule has 0 saturated carbocycles. The molecule has 0 unspecified atom stereocenters. The van der Waals surface area contributed by atoms with Crippen LogP contribution in [0.5, 0.6) is 0 Å². The molecule has 3 aliphatic rings. The van der Waals surface area contributed by atoms with Gasteiger partial charge in [-0.3, -0.25) is 0 Å². The molecule has 0 atom stereocenters. The second-order valence-electron chi connectivity index (χ2n) is 17.2. The van der Waals surface area contributed by atoms with Crippen molar-refractivity contribution in [2.75, 3.05) is 4.90 Å². The molecule has 0 bridgehead atoms.